The highest BCUT2D eigenvalue weighted by molar-refractivity contribution is 5.91. The zero-order valence-corrected chi connectivity index (χ0v) is 11.2. The minimum Gasteiger partial charge on any atom is -0.480 e. The topological polar surface area (TPSA) is 75.1 Å². The Kier molecular flexibility index (Phi) is 3.47. The summed E-state index contributed by atoms with van der Waals surface area (Å²) in [5, 5.41) is 12.5. The van der Waals surface area contributed by atoms with Crippen LogP contribution in [-0.2, 0) is 4.79 Å². The van der Waals surface area contributed by atoms with E-state index in [0.717, 1.165) is 16.5 Å². The monoisotopic (exact) mass is 281 g/mol. The molecule has 0 bridgehead atoms. The Morgan fingerprint density at radius 3 is 2.52 bits per heavy atom. The van der Waals surface area contributed by atoms with Crippen molar-refractivity contribution in [2.45, 2.75) is 0 Å². The van der Waals surface area contributed by atoms with Crippen molar-refractivity contribution in [1.29, 1.82) is 0 Å². The van der Waals surface area contributed by atoms with Gasteiger partial charge in [0, 0.05) is 12.4 Å². The predicted octanol–water partition coefficient (Wildman–Crippen LogP) is 3.04. The number of carboxylic acid groups (broad SMARTS) is 1. The number of hydrogen-bond donors (Lipinski definition) is 2. The SMILES string of the molecule is O=C(O)CNc1nc(-c2ccccc2)nc2ccccc12.[HH]. The van der Waals surface area contributed by atoms with Gasteiger partial charge in [0.25, 0.3) is 0 Å². The average molecular weight is 281 g/mol. The van der Waals surface area contributed by atoms with Gasteiger partial charge in [-0.05, 0) is 12.1 Å². The summed E-state index contributed by atoms with van der Waals surface area (Å²) >= 11 is 0. The minimum absolute atomic E-state index is 0. The molecule has 1 aromatic heterocycles. The van der Waals surface area contributed by atoms with Crippen molar-refractivity contribution in [3.63, 3.8) is 0 Å². The molecule has 0 aliphatic carbocycles. The van der Waals surface area contributed by atoms with E-state index in [2.05, 4.69) is 15.3 Å². The highest BCUT2D eigenvalue weighted by Gasteiger charge is 2.09. The number of aromatic nitrogens is 2. The first kappa shape index (κ1) is 13.1. The van der Waals surface area contributed by atoms with Crippen LogP contribution in [0.3, 0.4) is 0 Å². The van der Waals surface area contributed by atoms with Crippen molar-refractivity contribution in [2.75, 3.05) is 11.9 Å². The lowest BCUT2D eigenvalue weighted by molar-refractivity contribution is -0.134. The van der Waals surface area contributed by atoms with Crippen molar-refractivity contribution in [3.05, 3.63) is 54.6 Å². The van der Waals surface area contributed by atoms with Crippen molar-refractivity contribution < 1.29 is 11.3 Å². The maximum Gasteiger partial charge on any atom is 0.322 e. The van der Waals surface area contributed by atoms with Crippen LogP contribution in [0.15, 0.2) is 54.6 Å². The Morgan fingerprint density at radius 2 is 1.76 bits per heavy atom. The molecule has 1 heterocycles. The number of anilines is 1. The molecule has 0 fully saturated rings. The molecule has 0 radical (unpaired) electrons. The Morgan fingerprint density at radius 1 is 1.05 bits per heavy atom. The Hall–Kier alpha value is -2.95. The summed E-state index contributed by atoms with van der Waals surface area (Å²) in [5.41, 5.74) is 1.67. The molecule has 0 amide bonds. The molecule has 0 unspecified atom stereocenters. The standard InChI is InChI=1S/C16H13N3O2.H2/c20-14(21)10-17-16-12-8-4-5-9-13(12)18-15(19-16)11-6-2-1-3-7-11;/h1-9H,10H2,(H,20,21)(H,17,18,19);1H. The maximum atomic E-state index is 10.8. The third-order valence-electron chi connectivity index (χ3n) is 3.04. The molecule has 3 aromatic rings. The van der Waals surface area contributed by atoms with E-state index in [9.17, 15) is 4.79 Å². The normalized spacial score (nSPS) is 10.5. The second-order valence-corrected chi connectivity index (χ2v) is 4.53. The van der Waals surface area contributed by atoms with Crippen LogP contribution in [0.5, 0.6) is 0 Å². The van der Waals surface area contributed by atoms with Crippen molar-refractivity contribution in [2.24, 2.45) is 0 Å². The van der Waals surface area contributed by atoms with Crippen LogP contribution in [0.1, 0.15) is 1.43 Å². The predicted molar refractivity (Wildman–Crippen MR) is 83.2 cm³/mol. The number of fused-ring (bicyclic) bond motifs is 1. The molecule has 2 aromatic carbocycles. The summed E-state index contributed by atoms with van der Waals surface area (Å²) in [6.07, 6.45) is 0. The van der Waals surface area contributed by atoms with E-state index in [0.29, 0.717) is 11.6 Å². The fourth-order valence-electron chi connectivity index (χ4n) is 2.09. The molecule has 0 saturated carbocycles. The van der Waals surface area contributed by atoms with Gasteiger partial charge in [-0.2, -0.15) is 0 Å². The summed E-state index contributed by atoms with van der Waals surface area (Å²) < 4.78 is 0. The van der Waals surface area contributed by atoms with Crippen molar-refractivity contribution in [3.8, 4) is 11.4 Å². The van der Waals surface area contributed by atoms with Gasteiger partial charge in [0.05, 0.1) is 5.52 Å². The van der Waals surface area contributed by atoms with Crippen molar-refractivity contribution >= 4 is 22.7 Å². The lowest BCUT2D eigenvalue weighted by Crippen LogP contribution is -2.14. The number of hydrogen-bond acceptors (Lipinski definition) is 4. The van der Waals surface area contributed by atoms with Crippen LogP contribution in [0, 0.1) is 0 Å². The minimum atomic E-state index is -0.932. The fourth-order valence-corrected chi connectivity index (χ4v) is 2.09. The molecule has 3 rings (SSSR count). The first-order valence-electron chi connectivity index (χ1n) is 6.52. The van der Waals surface area contributed by atoms with E-state index in [1.165, 1.54) is 0 Å². The smallest absolute Gasteiger partial charge is 0.322 e. The van der Waals surface area contributed by atoms with E-state index >= 15 is 0 Å². The summed E-state index contributed by atoms with van der Waals surface area (Å²) in [6, 6.07) is 17.1. The number of benzene rings is 2. The van der Waals surface area contributed by atoms with Crippen LogP contribution in [0.25, 0.3) is 22.3 Å². The quantitative estimate of drug-likeness (QED) is 0.768. The Balaban J connectivity index is 0.00000176. The average Bonchev–Trinajstić information content (AvgIpc) is 2.53. The Bertz CT molecular complexity index is 794. The van der Waals surface area contributed by atoms with E-state index in [-0.39, 0.29) is 7.97 Å². The van der Waals surface area contributed by atoms with Gasteiger partial charge in [-0.25, -0.2) is 9.97 Å². The highest BCUT2D eigenvalue weighted by atomic mass is 16.4. The Labute approximate surface area is 122 Å². The molecule has 5 heteroatoms. The van der Waals surface area contributed by atoms with Gasteiger partial charge in [0.1, 0.15) is 12.4 Å². The van der Waals surface area contributed by atoms with Crippen molar-refractivity contribution in [1.82, 2.24) is 9.97 Å². The largest absolute Gasteiger partial charge is 0.480 e. The molecule has 5 nitrogen and oxygen atoms in total. The molecule has 0 spiro atoms. The van der Waals surface area contributed by atoms with Gasteiger partial charge in [-0.1, -0.05) is 42.5 Å². The maximum absolute atomic E-state index is 10.8. The molecule has 21 heavy (non-hydrogen) atoms. The number of nitrogens with one attached hydrogen (secondary N) is 1. The molecule has 0 aliphatic heterocycles. The molecule has 106 valence electrons. The summed E-state index contributed by atoms with van der Waals surface area (Å²) in [7, 11) is 0. The number of carboxylic acids is 1. The zero-order chi connectivity index (χ0) is 14.7. The van der Waals surface area contributed by atoms with Gasteiger partial charge in [-0.3, -0.25) is 4.79 Å². The lowest BCUT2D eigenvalue weighted by atomic mass is 10.2. The number of nitrogens with zero attached hydrogens (tertiary/aromatic N) is 2. The zero-order valence-electron chi connectivity index (χ0n) is 11.2. The van der Waals surface area contributed by atoms with Gasteiger partial charge >= 0.3 is 5.97 Å². The third kappa shape index (κ3) is 2.81. The third-order valence-corrected chi connectivity index (χ3v) is 3.04. The fraction of sp³-hybridized carbons (Fsp3) is 0.0625. The van der Waals surface area contributed by atoms with E-state index in [1.54, 1.807) is 0 Å². The van der Waals surface area contributed by atoms with E-state index in [4.69, 9.17) is 5.11 Å². The number of carbonyl (C=O) groups is 1. The second kappa shape index (κ2) is 5.58. The van der Waals surface area contributed by atoms with Gasteiger partial charge < -0.3 is 10.4 Å². The first-order chi connectivity index (χ1) is 10.2. The summed E-state index contributed by atoms with van der Waals surface area (Å²) in [5.74, 6) is 0.169. The van der Waals surface area contributed by atoms with E-state index < -0.39 is 5.97 Å². The summed E-state index contributed by atoms with van der Waals surface area (Å²) in [4.78, 5) is 19.7. The van der Waals surface area contributed by atoms with Gasteiger partial charge in [0.15, 0.2) is 5.82 Å². The lowest BCUT2D eigenvalue weighted by Gasteiger charge is -2.09. The molecule has 0 saturated heterocycles. The van der Waals surface area contributed by atoms with Crippen LogP contribution < -0.4 is 5.32 Å². The summed E-state index contributed by atoms with van der Waals surface area (Å²) in [6.45, 7) is -0.185. The molecule has 0 aliphatic rings. The van der Waals surface area contributed by atoms with Gasteiger partial charge in [-0.15, -0.1) is 0 Å². The van der Waals surface area contributed by atoms with E-state index in [1.807, 2.05) is 54.6 Å². The molecular formula is C16H15N3O2. The second-order valence-electron chi connectivity index (χ2n) is 4.53. The highest BCUT2D eigenvalue weighted by Crippen LogP contribution is 2.24. The number of para-hydroxylation sites is 1. The van der Waals surface area contributed by atoms with Crippen LogP contribution in [0.4, 0.5) is 5.82 Å². The molecule has 0 atom stereocenters. The molecule has 2 N–H and O–H groups in total. The molecular weight excluding hydrogens is 266 g/mol. The number of rotatable bonds is 4. The number of aliphatic carboxylic acids is 1. The van der Waals surface area contributed by atoms with Crippen LogP contribution >= 0.6 is 0 Å². The van der Waals surface area contributed by atoms with Crippen LogP contribution in [0.2, 0.25) is 0 Å². The van der Waals surface area contributed by atoms with Crippen LogP contribution in [-0.4, -0.2) is 27.6 Å². The first-order valence-corrected chi connectivity index (χ1v) is 6.52. The van der Waals surface area contributed by atoms with Gasteiger partial charge in [0.2, 0.25) is 0 Å².